The Labute approximate surface area is 88.8 Å². The topological polar surface area (TPSA) is 0 Å². The third kappa shape index (κ3) is 1.75. The zero-order valence-electron chi connectivity index (χ0n) is 8.96. The molecule has 1 aliphatic rings. The molecule has 3 radical (unpaired) electrons. The van der Waals surface area contributed by atoms with Gasteiger partial charge >= 0.3 is 0 Å². The molecule has 2 heteroatoms. The molecule has 0 nitrogen and oxygen atoms in total. The smallest absolute Gasteiger partial charge is 0.0878 e. The van der Waals surface area contributed by atoms with E-state index in [-0.39, 0.29) is 0 Å². The molecule has 69 valence electrons. The Bertz CT molecular complexity index is 333. The van der Waals surface area contributed by atoms with Crippen LogP contribution < -0.4 is 5.46 Å². The first-order valence-corrected chi connectivity index (χ1v) is 5.38. The predicted octanol–water partition coefficient (Wildman–Crippen LogP) is 1.86. The molecule has 14 heavy (non-hydrogen) atoms. The molecule has 0 heterocycles. The Morgan fingerprint density at radius 3 is 2.71 bits per heavy atom. The van der Waals surface area contributed by atoms with Crippen LogP contribution in [0, 0.1) is 5.92 Å². The van der Waals surface area contributed by atoms with E-state index in [1.54, 1.807) is 0 Å². The normalized spacial score (nSPS) is 24.7. The number of hydrogen-bond acceptors (Lipinski definition) is 0. The minimum Gasteiger partial charge on any atom is -0.0878 e. The molecule has 0 N–H and O–H groups in total. The highest BCUT2D eigenvalue weighted by Crippen LogP contribution is 2.47. The second-order valence-electron chi connectivity index (χ2n) is 4.27. The summed E-state index contributed by atoms with van der Waals surface area (Å²) in [4.78, 5) is 0. The first-order valence-electron chi connectivity index (χ1n) is 5.38. The molecule has 0 aromatic heterocycles. The lowest BCUT2D eigenvalue weighted by Gasteiger charge is -2.09. The van der Waals surface area contributed by atoms with Gasteiger partial charge in [-0.15, -0.1) is 0 Å². The molecule has 1 aliphatic carbocycles. The largest absolute Gasteiger partial charge is 0.148 e. The van der Waals surface area contributed by atoms with Gasteiger partial charge in [0.15, 0.2) is 0 Å². The van der Waals surface area contributed by atoms with E-state index >= 15 is 0 Å². The number of benzene rings is 1. The van der Waals surface area contributed by atoms with Crippen molar-refractivity contribution in [3.8, 4) is 0 Å². The van der Waals surface area contributed by atoms with Crippen LogP contribution in [0.15, 0.2) is 18.2 Å². The van der Waals surface area contributed by atoms with Gasteiger partial charge in [-0.3, -0.25) is 0 Å². The summed E-state index contributed by atoms with van der Waals surface area (Å²) < 4.78 is 0. The molecule has 0 bridgehead atoms. The quantitative estimate of drug-likeness (QED) is 0.624. The summed E-state index contributed by atoms with van der Waals surface area (Å²) >= 11 is 0. The first-order chi connectivity index (χ1) is 6.76. The van der Waals surface area contributed by atoms with Crippen LogP contribution in [0.25, 0.3) is 0 Å². The molecular formula is C12H15B2. The highest BCUT2D eigenvalue weighted by Gasteiger charge is 2.34. The zero-order valence-corrected chi connectivity index (χ0v) is 8.96. The number of hydrogen-bond donors (Lipinski definition) is 0. The molecular weight excluding hydrogens is 166 g/mol. The molecule has 2 atom stereocenters. The van der Waals surface area contributed by atoms with E-state index in [4.69, 9.17) is 7.85 Å². The molecule has 1 aromatic carbocycles. The summed E-state index contributed by atoms with van der Waals surface area (Å²) in [6.45, 7) is 4.37. The Morgan fingerprint density at radius 1 is 1.50 bits per heavy atom. The molecule has 1 aromatic rings. The summed E-state index contributed by atoms with van der Waals surface area (Å²) in [5, 5.41) is 0. The van der Waals surface area contributed by atoms with Gasteiger partial charge in [0.05, 0.1) is 7.85 Å². The van der Waals surface area contributed by atoms with Crippen LogP contribution in [0.5, 0.6) is 0 Å². The fraction of sp³-hybridized carbons (Fsp3) is 0.500. The summed E-state index contributed by atoms with van der Waals surface area (Å²) in [6.07, 6.45) is 2.00. The maximum absolute atomic E-state index is 5.77. The van der Waals surface area contributed by atoms with Crippen molar-refractivity contribution in [1.29, 1.82) is 0 Å². The van der Waals surface area contributed by atoms with Crippen LogP contribution in [0.3, 0.4) is 0 Å². The van der Waals surface area contributed by atoms with Crippen molar-refractivity contribution in [2.24, 2.45) is 5.92 Å². The fourth-order valence-corrected chi connectivity index (χ4v) is 2.10. The van der Waals surface area contributed by atoms with Gasteiger partial charge in [-0.05, 0) is 23.8 Å². The maximum Gasteiger partial charge on any atom is 0.148 e. The summed E-state index contributed by atoms with van der Waals surface area (Å²) in [6, 6.07) is 6.67. The van der Waals surface area contributed by atoms with E-state index in [2.05, 4.69) is 39.2 Å². The molecule has 0 spiro atoms. The van der Waals surface area contributed by atoms with Crippen molar-refractivity contribution in [2.75, 3.05) is 0 Å². The van der Waals surface area contributed by atoms with Gasteiger partial charge in [-0.2, -0.15) is 0 Å². The standard InChI is InChI=1S/C12H15B2/c1-8-5-12(8)11-4-3-10(14-2)6-9(11)7-13/h3-4,6,8,12H,5,7H2,1-2H3/t8-,12+/m1/s1. The first kappa shape index (κ1) is 9.89. The Balaban J connectivity index is 2.30. The van der Waals surface area contributed by atoms with Crippen molar-refractivity contribution in [1.82, 2.24) is 0 Å². The van der Waals surface area contributed by atoms with Crippen LogP contribution in [0.4, 0.5) is 0 Å². The molecule has 1 saturated carbocycles. The Morgan fingerprint density at radius 2 is 2.21 bits per heavy atom. The lowest BCUT2D eigenvalue weighted by atomic mass is 9.71. The van der Waals surface area contributed by atoms with Gasteiger partial charge in [-0.1, -0.05) is 49.3 Å². The van der Waals surface area contributed by atoms with Crippen molar-refractivity contribution >= 4 is 20.6 Å². The van der Waals surface area contributed by atoms with E-state index < -0.39 is 0 Å². The van der Waals surface area contributed by atoms with Gasteiger partial charge in [-0.25, -0.2) is 0 Å². The van der Waals surface area contributed by atoms with E-state index in [1.807, 2.05) is 0 Å². The van der Waals surface area contributed by atoms with Gasteiger partial charge in [0.25, 0.3) is 0 Å². The average Bonchev–Trinajstić information content (AvgIpc) is 2.94. The second kappa shape index (κ2) is 3.84. The molecule has 0 amide bonds. The average molecular weight is 181 g/mol. The number of rotatable bonds is 3. The van der Waals surface area contributed by atoms with Crippen LogP contribution in [0.1, 0.15) is 30.4 Å². The highest BCUT2D eigenvalue weighted by atomic mass is 14.4. The molecule has 0 aliphatic heterocycles. The van der Waals surface area contributed by atoms with Crippen LogP contribution in [0.2, 0.25) is 6.82 Å². The van der Waals surface area contributed by atoms with Gasteiger partial charge in [0.2, 0.25) is 0 Å². The third-order valence-electron chi connectivity index (χ3n) is 3.23. The minimum absolute atomic E-state index is 0.667. The van der Waals surface area contributed by atoms with Crippen LogP contribution >= 0.6 is 0 Å². The van der Waals surface area contributed by atoms with Crippen molar-refractivity contribution in [3.63, 3.8) is 0 Å². The van der Waals surface area contributed by atoms with Gasteiger partial charge < -0.3 is 0 Å². The van der Waals surface area contributed by atoms with Crippen molar-refractivity contribution < 1.29 is 0 Å². The fourth-order valence-electron chi connectivity index (χ4n) is 2.10. The van der Waals surface area contributed by atoms with E-state index in [0.29, 0.717) is 6.32 Å². The summed E-state index contributed by atoms with van der Waals surface area (Å²) in [5.74, 6) is 1.64. The van der Waals surface area contributed by atoms with Crippen molar-refractivity contribution in [3.05, 3.63) is 29.3 Å². The molecule has 0 unspecified atom stereocenters. The lowest BCUT2D eigenvalue weighted by Crippen LogP contribution is -2.12. The van der Waals surface area contributed by atoms with Crippen LogP contribution in [-0.2, 0) is 6.32 Å². The Hall–Kier alpha value is -0.650. The van der Waals surface area contributed by atoms with E-state index in [0.717, 1.165) is 11.8 Å². The lowest BCUT2D eigenvalue weighted by molar-refractivity contribution is 0.907. The van der Waals surface area contributed by atoms with Gasteiger partial charge in [0, 0.05) is 0 Å². The van der Waals surface area contributed by atoms with Crippen molar-refractivity contribution in [2.45, 2.75) is 32.4 Å². The minimum atomic E-state index is 0.667. The monoisotopic (exact) mass is 181 g/mol. The predicted molar refractivity (Wildman–Crippen MR) is 63.7 cm³/mol. The Kier molecular flexibility index (Phi) is 2.71. The van der Waals surface area contributed by atoms with Gasteiger partial charge in [0.1, 0.15) is 7.28 Å². The second-order valence-corrected chi connectivity index (χ2v) is 4.27. The molecule has 1 fully saturated rings. The summed E-state index contributed by atoms with van der Waals surface area (Å²) in [5.41, 5.74) is 4.09. The highest BCUT2D eigenvalue weighted by molar-refractivity contribution is 6.51. The summed E-state index contributed by atoms with van der Waals surface area (Å²) in [7, 11) is 7.90. The molecule has 0 saturated heterocycles. The maximum atomic E-state index is 5.77. The molecule has 2 rings (SSSR count). The zero-order chi connectivity index (χ0) is 10.1. The SMILES string of the molecule is [B]Cc1cc([B]C)ccc1[C@H]1C[C@H]1C. The van der Waals surface area contributed by atoms with E-state index in [9.17, 15) is 0 Å². The third-order valence-corrected chi connectivity index (χ3v) is 3.23. The van der Waals surface area contributed by atoms with E-state index in [1.165, 1.54) is 23.0 Å². The van der Waals surface area contributed by atoms with Crippen LogP contribution in [-0.4, -0.2) is 15.1 Å².